The van der Waals surface area contributed by atoms with Crippen LogP contribution in [-0.4, -0.2) is 37.5 Å². The molecule has 1 amide bonds. The molecule has 1 N–H and O–H groups in total. The molecule has 170 valence electrons. The highest BCUT2D eigenvalue weighted by atomic mass is 32.2. The maximum absolute atomic E-state index is 11.9. The number of benzene rings is 2. The van der Waals surface area contributed by atoms with Crippen LogP contribution in [0.15, 0.2) is 57.6 Å². The monoisotopic (exact) mass is 465 g/mol. The maximum Gasteiger partial charge on any atom is 0.331 e. The molecule has 0 radical (unpaired) electrons. The Morgan fingerprint density at radius 2 is 2.00 bits per heavy atom. The molecule has 0 aromatic heterocycles. The summed E-state index contributed by atoms with van der Waals surface area (Å²) in [6, 6.07) is 11.9. The highest BCUT2D eigenvalue weighted by molar-refractivity contribution is 8.18. The Bertz CT molecular complexity index is 1170. The van der Waals surface area contributed by atoms with E-state index in [1.165, 1.54) is 24.7 Å². The Kier molecular flexibility index (Phi) is 7.09. The van der Waals surface area contributed by atoms with E-state index in [1.807, 2.05) is 24.3 Å². The van der Waals surface area contributed by atoms with Gasteiger partial charge in [0.1, 0.15) is 18.1 Å². The first-order chi connectivity index (χ1) is 16.1. The van der Waals surface area contributed by atoms with Crippen molar-refractivity contribution >= 4 is 35.0 Å². The predicted molar refractivity (Wildman–Crippen MR) is 127 cm³/mol. The lowest BCUT2D eigenvalue weighted by Gasteiger charge is -2.12. The highest BCUT2D eigenvalue weighted by Crippen LogP contribution is 2.28. The number of nitrogens with one attached hydrogen (secondary N) is 1. The fourth-order valence-electron chi connectivity index (χ4n) is 3.58. The number of thioether (sulfide) groups is 1. The van der Waals surface area contributed by atoms with Crippen molar-refractivity contribution in [2.24, 2.45) is 10.2 Å². The molecule has 0 saturated carbocycles. The first-order valence-corrected chi connectivity index (χ1v) is 11.2. The molecular weight excluding hydrogens is 442 g/mol. The summed E-state index contributed by atoms with van der Waals surface area (Å²) in [5.41, 5.74) is 4.44. The zero-order chi connectivity index (χ0) is 23.2. The van der Waals surface area contributed by atoms with E-state index in [0.717, 1.165) is 53.3 Å². The Morgan fingerprint density at radius 1 is 1.15 bits per heavy atom. The Morgan fingerprint density at radius 3 is 2.82 bits per heavy atom. The van der Waals surface area contributed by atoms with Crippen LogP contribution in [0.2, 0.25) is 0 Å². The topological polar surface area (TPSA) is 98.6 Å². The van der Waals surface area contributed by atoms with Crippen LogP contribution in [0.3, 0.4) is 0 Å². The van der Waals surface area contributed by atoms with Gasteiger partial charge in [-0.3, -0.25) is 10.1 Å². The molecule has 1 aliphatic heterocycles. The minimum atomic E-state index is -0.606. The smallest absolute Gasteiger partial charge is 0.331 e. The summed E-state index contributed by atoms with van der Waals surface area (Å²) in [6.45, 7) is 0.353. The molecule has 4 rings (SSSR count). The molecule has 1 aliphatic carbocycles. The lowest BCUT2D eigenvalue weighted by Crippen LogP contribution is -2.19. The molecule has 0 spiro atoms. The number of rotatable bonds is 7. The van der Waals surface area contributed by atoms with Gasteiger partial charge in [0.2, 0.25) is 0 Å². The molecule has 2 aromatic carbocycles. The van der Waals surface area contributed by atoms with Crippen LogP contribution in [-0.2, 0) is 33.8 Å². The summed E-state index contributed by atoms with van der Waals surface area (Å²) >= 11 is 1.02. The third-order valence-corrected chi connectivity index (χ3v) is 6.13. The zero-order valence-electron chi connectivity index (χ0n) is 18.3. The van der Waals surface area contributed by atoms with Crippen LogP contribution < -0.4 is 14.8 Å². The van der Waals surface area contributed by atoms with Crippen LogP contribution in [0.5, 0.6) is 11.5 Å². The Labute approximate surface area is 195 Å². The van der Waals surface area contributed by atoms with Gasteiger partial charge >= 0.3 is 5.97 Å². The largest absolute Gasteiger partial charge is 0.496 e. The highest BCUT2D eigenvalue weighted by Gasteiger charge is 2.25. The van der Waals surface area contributed by atoms with Gasteiger partial charge in [-0.15, -0.1) is 5.10 Å². The van der Waals surface area contributed by atoms with Crippen LogP contribution in [0.1, 0.15) is 28.7 Å². The van der Waals surface area contributed by atoms with Gasteiger partial charge in [0.25, 0.3) is 5.91 Å². The fraction of sp³-hybridized carbons (Fsp3) is 0.250. The van der Waals surface area contributed by atoms with Gasteiger partial charge in [-0.05, 0) is 78.0 Å². The molecular formula is C24H23N3O5S. The second kappa shape index (κ2) is 10.4. The molecule has 0 atom stereocenters. The lowest BCUT2D eigenvalue weighted by atomic mass is 10.1. The third kappa shape index (κ3) is 5.61. The minimum absolute atomic E-state index is 0.200. The van der Waals surface area contributed by atoms with Crippen LogP contribution >= 0.6 is 11.8 Å². The quantitative estimate of drug-likeness (QED) is 0.291. The number of amidine groups is 1. The Hall–Kier alpha value is -3.59. The van der Waals surface area contributed by atoms with E-state index in [0.29, 0.717) is 6.61 Å². The summed E-state index contributed by atoms with van der Waals surface area (Å²) in [5, 5.41) is 10.9. The molecule has 33 heavy (non-hydrogen) atoms. The second-order valence-corrected chi connectivity index (χ2v) is 8.41. The molecule has 8 nitrogen and oxygen atoms in total. The number of carbonyl (C=O) groups excluding carboxylic acids is 2. The van der Waals surface area contributed by atoms with Crippen molar-refractivity contribution in [3.8, 4) is 11.5 Å². The first-order valence-electron chi connectivity index (χ1n) is 10.4. The lowest BCUT2D eigenvalue weighted by molar-refractivity contribution is -0.135. The molecule has 1 fully saturated rings. The van der Waals surface area contributed by atoms with Crippen LogP contribution in [0, 0.1) is 0 Å². The number of ether oxygens (including phenoxy) is 3. The number of nitrogens with zero attached hydrogens (tertiary/aromatic N) is 2. The summed E-state index contributed by atoms with van der Waals surface area (Å²) < 4.78 is 16.0. The molecule has 1 heterocycles. The van der Waals surface area contributed by atoms with Gasteiger partial charge in [-0.25, -0.2) is 4.79 Å². The number of methoxy groups -OCH3 is 2. The average molecular weight is 466 g/mol. The SMILES string of the molecule is COC(=O)/C=C1/S/C(=N\N=Cc2ccc(OC)c(COc3ccc4c(c3)CCC4)c2)NC1=O. The molecule has 2 aliphatic rings. The van der Waals surface area contributed by atoms with E-state index in [9.17, 15) is 9.59 Å². The summed E-state index contributed by atoms with van der Waals surface area (Å²) in [5.74, 6) is 0.531. The fourth-order valence-corrected chi connectivity index (χ4v) is 4.32. The average Bonchev–Trinajstić information content (AvgIpc) is 3.43. The van der Waals surface area contributed by atoms with Crippen molar-refractivity contribution in [1.82, 2.24) is 5.32 Å². The van der Waals surface area contributed by atoms with Gasteiger partial charge < -0.3 is 14.2 Å². The maximum atomic E-state index is 11.9. The van der Waals surface area contributed by atoms with Crippen molar-refractivity contribution in [2.45, 2.75) is 25.9 Å². The van der Waals surface area contributed by atoms with E-state index in [1.54, 1.807) is 13.3 Å². The molecule has 0 bridgehead atoms. The number of aryl methyl sites for hydroxylation is 2. The van der Waals surface area contributed by atoms with Gasteiger partial charge in [-0.1, -0.05) is 6.07 Å². The van der Waals surface area contributed by atoms with Crippen molar-refractivity contribution in [2.75, 3.05) is 14.2 Å². The van der Waals surface area contributed by atoms with Crippen molar-refractivity contribution in [3.05, 3.63) is 69.6 Å². The standard InChI is InChI=1S/C24H23N3O5S/c1-30-20-9-6-15(13-25-27-24-26-23(29)21(33-24)12-22(28)31-2)10-18(20)14-32-19-8-7-16-4-3-5-17(16)11-19/h6-13H,3-5,14H2,1-2H3,(H,26,27,29)/b21-12+,25-13?. The van der Waals surface area contributed by atoms with Crippen LogP contribution in [0.4, 0.5) is 0 Å². The van der Waals surface area contributed by atoms with Crippen LogP contribution in [0.25, 0.3) is 0 Å². The third-order valence-electron chi connectivity index (χ3n) is 5.23. The summed E-state index contributed by atoms with van der Waals surface area (Å²) in [4.78, 5) is 23.4. The number of amides is 1. The molecule has 0 unspecified atom stereocenters. The van der Waals surface area contributed by atoms with Crippen molar-refractivity contribution < 1.29 is 23.8 Å². The van der Waals surface area contributed by atoms with E-state index in [2.05, 4.69) is 32.4 Å². The van der Waals surface area contributed by atoms with Gasteiger partial charge in [-0.2, -0.15) is 5.10 Å². The first kappa shape index (κ1) is 22.6. The number of esters is 1. The second-order valence-electron chi connectivity index (χ2n) is 7.38. The molecule has 2 aromatic rings. The molecule has 9 heteroatoms. The predicted octanol–water partition coefficient (Wildman–Crippen LogP) is 3.37. The van der Waals surface area contributed by atoms with E-state index >= 15 is 0 Å². The van der Waals surface area contributed by atoms with Crippen molar-refractivity contribution in [3.63, 3.8) is 0 Å². The number of hydrogen-bond donors (Lipinski definition) is 1. The van der Waals surface area contributed by atoms with E-state index in [-0.39, 0.29) is 10.1 Å². The van der Waals surface area contributed by atoms with Gasteiger partial charge in [0, 0.05) is 11.6 Å². The summed E-state index contributed by atoms with van der Waals surface area (Å²) in [6.07, 6.45) is 6.12. The van der Waals surface area contributed by atoms with Gasteiger partial charge in [0.05, 0.1) is 25.3 Å². The number of hydrogen-bond acceptors (Lipinski definition) is 8. The normalized spacial score (nSPS) is 17.5. The van der Waals surface area contributed by atoms with Crippen molar-refractivity contribution in [1.29, 1.82) is 0 Å². The van der Waals surface area contributed by atoms with Gasteiger partial charge in [0.15, 0.2) is 5.17 Å². The van der Waals surface area contributed by atoms with E-state index < -0.39 is 11.9 Å². The summed E-state index contributed by atoms with van der Waals surface area (Å²) in [7, 11) is 2.86. The molecule has 1 saturated heterocycles. The van der Waals surface area contributed by atoms with E-state index in [4.69, 9.17) is 9.47 Å². The minimum Gasteiger partial charge on any atom is -0.496 e. The zero-order valence-corrected chi connectivity index (χ0v) is 19.1. The Balaban J connectivity index is 1.43. The number of fused-ring (bicyclic) bond motifs is 1. The number of carbonyl (C=O) groups is 2.